The van der Waals surface area contributed by atoms with E-state index in [9.17, 15) is 0 Å². The Bertz CT molecular complexity index is 629. The summed E-state index contributed by atoms with van der Waals surface area (Å²) in [5.41, 5.74) is 1.97. The third-order valence-corrected chi connectivity index (χ3v) is 5.00. The van der Waals surface area contributed by atoms with Gasteiger partial charge in [0.2, 0.25) is 0 Å². The van der Waals surface area contributed by atoms with E-state index in [1.54, 1.807) is 7.11 Å². The molecule has 0 atom stereocenters. The average molecular weight is 354 g/mol. The van der Waals surface area contributed by atoms with E-state index in [0.29, 0.717) is 16.2 Å². The zero-order valence-electron chi connectivity index (χ0n) is 11.1. The second-order valence-corrected chi connectivity index (χ2v) is 6.13. The normalized spacial score (nSPS) is 16.1. The van der Waals surface area contributed by atoms with Crippen LogP contribution in [0.15, 0.2) is 34.8 Å². The van der Waals surface area contributed by atoms with Crippen molar-refractivity contribution in [2.75, 3.05) is 7.11 Å². The van der Waals surface area contributed by atoms with E-state index in [-0.39, 0.29) is 5.41 Å². The zero-order chi connectivity index (χ0) is 14.2. The lowest BCUT2D eigenvalue weighted by atomic mass is 9.95. The molecule has 0 saturated heterocycles. The number of hydrogen-bond donors (Lipinski definition) is 0. The molecule has 3 rings (SSSR count). The van der Waals surface area contributed by atoms with Gasteiger partial charge in [-0.3, -0.25) is 0 Å². The molecule has 20 heavy (non-hydrogen) atoms. The highest BCUT2D eigenvalue weighted by Gasteiger charge is 2.49. The minimum absolute atomic E-state index is 0.0753. The van der Waals surface area contributed by atoms with Gasteiger partial charge in [0.05, 0.1) is 22.2 Å². The molecule has 0 aliphatic heterocycles. The van der Waals surface area contributed by atoms with E-state index < -0.39 is 0 Å². The molecule has 1 aliphatic carbocycles. The molecule has 1 aliphatic rings. The Kier molecular flexibility index (Phi) is 3.80. The molecule has 5 heteroatoms. The van der Waals surface area contributed by atoms with Crippen molar-refractivity contribution < 1.29 is 4.74 Å². The van der Waals surface area contributed by atoms with Gasteiger partial charge in [-0.15, -0.1) is 0 Å². The third kappa shape index (κ3) is 2.36. The molecule has 2 aromatic rings. The van der Waals surface area contributed by atoms with Crippen LogP contribution in [0, 0.1) is 0 Å². The van der Waals surface area contributed by atoms with Crippen LogP contribution in [-0.4, -0.2) is 17.1 Å². The molecule has 0 unspecified atom stereocenters. The van der Waals surface area contributed by atoms with Crippen LogP contribution in [0.3, 0.4) is 0 Å². The van der Waals surface area contributed by atoms with Crippen LogP contribution in [0.2, 0.25) is 5.15 Å². The number of methoxy groups -OCH3 is 1. The van der Waals surface area contributed by atoms with Crippen LogP contribution in [0.1, 0.15) is 29.9 Å². The molecule has 1 aromatic heterocycles. The molecule has 1 saturated carbocycles. The largest absolute Gasteiger partial charge is 0.378 e. The van der Waals surface area contributed by atoms with Crippen molar-refractivity contribution in [2.24, 2.45) is 0 Å². The van der Waals surface area contributed by atoms with Crippen molar-refractivity contribution >= 4 is 27.5 Å². The lowest BCUT2D eigenvalue weighted by molar-refractivity contribution is 0.180. The van der Waals surface area contributed by atoms with Crippen molar-refractivity contribution in [1.82, 2.24) is 9.97 Å². The Hall–Kier alpha value is -0.970. The molecule has 0 N–H and O–H groups in total. The Morgan fingerprint density at radius 2 is 1.95 bits per heavy atom. The van der Waals surface area contributed by atoms with Crippen molar-refractivity contribution in [2.45, 2.75) is 24.9 Å². The summed E-state index contributed by atoms with van der Waals surface area (Å²) in [4.78, 5) is 9.14. The summed E-state index contributed by atoms with van der Waals surface area (Å²) in [6.45, 7) is 0.417. The van der Waals surface area contributed by atoms with E-state index in [1.165, 1.54) is 5.56 Å². The van der Waals surface area contributed by atoms with Gasteiger partial charge >= 0.3 is 0 Å². The number of aromatic nitrogens is 2. The van der Waals surface area contributed by atoms with Crippen LogP contribution >= 0.6 is 27.5 Å². The minimum Gasteiger partial charge on any atom is -0.378 e. The molecule has 104 valence electrons. The third-order valence-electron chi connectivity index (χ3n) is 3.66. The van der Waals surface area contributed by atoms with Crippen LogP contribution in [0.4, 0.5) is 0 Å². The Labute approximate surface area is 131 Å². The topological polar surface area (TPSA) is 35.0 Å². The molecule has 0 radical (unpaired) electrons. The SMILES string of the molecule is COCc1nc(C2(c3ccccc3)CC2)nc(Cl)c1Br. The zero-order valence-corrected chi connectivity index (χ0v) is 13.4. The maximum Gasteiger partial charge on any atom is 0.147 e. The summed E-state index contributed by atoms with van der Waals surface area (Å²) in [5, 5.41) is 0.448. The number of benzene rings is 1. The van der Waals surface area contributed by atoms with Gasteiger partial charge in [0.1, 0.15) is 11.0 Å². The Balaban J connectivity index is 2.07. The van der Waals surface area contributed by atoms with Gasteiger partial charge in [-0.05, 0) is 34.3 Å². The molecule has 1 heterocycles. The Morgan fingerprint density at radius 3 is 2.55 bits per heavy atom. The average Bonchev–Trinajstić information content (AvgIpc) is 3.26. The van der Waals surface area contributed by atoms with Gasteiger partial charge in [0, 0.05) is 7.11 Å². The molecule has 0 spiro atoms. The molecule has 0 amide bonds. The molecule has 0 bridgehead atoms. The number of nitrogens with zero attached hydrogens (tertiary/aromatic N) is 2. The molecule has 1 fully saturated rings. The van der Waals surface area contributed by atoms with Crippen LogP contribution < -0.4 is 0 Å². The highest BCUT2D eigenvalue weighted by Crippen LogP contribution is 2.52. The van der Waals surface area contributed by atoms with Crippen LogP contribution in [-0.2, 0) is 16.8 Å². The van der Waals surface area contributed by atoms with Gasteiger partial charge < -0.3 is 4.74 Å². The van der Waals surface area contributed by atoms with Gasteiger partial charge in [0.25, 0.3) is 0 Å². The summed E-state index contributed by atoms with van der Waals surface area (Å²) in [6, 6.07) is 10.4. The van der Waals surface area contributed by atoms with Gasteiger partial charge in [0.15, 0.2) is 0 Å². The fraction of sp³-hybridized carbons (Fsp3) is 0.333. The molecule has 1 aromatic carbocycles. The molecular weight excluding hydrogens is 340 g/mol. The summed E-state index contributed by atoms with van der Waals surface area (Å²) in [7, 11) is 1.65. The quantitative estimate of drug-likeness (QED) is 0.776. The first-order valence-corrected chi connectivity index (χ1v) is 7.61. The number of halogens is 2. The highest BCUT2D eigenvalue weighted by molar-refractivity contribution is 9.10. The van der Waals surface area contributed by atoms with Crippen molar-refractivity contribution in [3.63, 3.8) is 0 Å². The van der Waals surface area contributed by atoms with Crippen LogP contribution in [0.25, 0.3) is 0 Å². The smallest absolute Gasteiger partial charge is 0.147 e. The van der Waals surface area contributed by atoms with E-state index in [1.807, 2.05) is 18.2 Å². The number of ether oxygens (including phenoxy) is 1. The van der Waals surface area contributed by atoms with E-state index >= 15 is 0 Å². The second kappa shape index (κ2) is 5.43. The molecule has 3 nitrogen and oxygen atoms in total. The summed E-state index contributed by atoms with van der Waals surface area (Å²) in [6.07, 6.45) is 2.11. The summed E-state index contributed by atoms with van der Waals surface area (Å²) in [5.74, 6) is 0.795. The highest BCUT2D eigenvalue weighted by atomic mass is 79.9. The maximum absolute atomic E-state index is 6.22. The monoisotopic (exact) mass is 352 g/mol. The first kappa shape index (κ1) is 14.0. The van der Waals surface area contributed by atoms with Crippen molar-refractivity contribution in [3.8, 4) is 0 Å². The van der Waals surface area contributed by atoms with E-state index in [2.05, 4.69) is 38.0 Å². The summed E-state index contributed by atoms with van der Waals surface area (Å²) >= 11 is 9.64. The predicted octanol–water partition coefficient (Wildman–Crippen LogP) is 4.12. The van der Waals surface area contributed by atoms with Crippen molar-refractivity contribution in [3.05, 3.63) is 57.0 Å². The Morgan fingerprint density at radius 1 is 1.25 bits per heavy atom. The van der Waals surface area contributed by atoms with Crippen molar-refractivity contribution in [1.29, 1.82) is 0 Å². The minimum atomic E-state index is -0.0753. The fourth-order valence-corrected chi connectivity index (χ4v) is 2.91. The van der Waals surface area contributed by atoms with E-state index in [4.69, 9.17) is 16.3 Å². The number of hydrogen-bond acceptors (Lipinski definition) is 3. The van der Waals surface area contributed by atoms with Gasteiger partial charge in [-0.1, -0.05) is 41.9 Å². The molecular formula is C15H14BrClN2O. The maximum atomic E-state index is 6.22. The lowest BCUT2D eigenvalue weighted by Gasteiger charge is -2.16. The van der Waals surface area contributed by atoms with E-state index in [0.717, 1.165) is 24.4 Å². The lowest BCUT2D eigenvalue weighted by Crippen LogP contribution is -2.15. The second-order valence-electron chi connectivity index (χ2n) is 4.98. The first-order valence-electron chi connectivity index (χ1n) is 6.44. The standard InChI is InChI=1S/C15H14BrClN2O/c1-20-9-11-12(16)13(17)19-14(18-11)15(7-8-15)10-5-3-2-4-6-10/h2-6H,7-9H2,1H3. The van der Waals surface area contributed by atoms with Gasteiger partial charge in [-0.25, -0.2) is 9.97 Å². The van der Waals surface area contributed by atoms with Crippen LogP contribution in [0.5, 0.6) is 0 Å². The first-order chi connectivity index (χ1) is 9.67. The summed E-state index contributed by atoms with van der Waals surface area (Å²) < 4.78 is 5.89. The predicted molar refractivity (Wildman–Crippen MR) is 81.9 cm³/mol. The fourth-order valence-electron chi connectivity index (χ4n) is 2.43. The van der Waals surface area contributed by atoms with Gasteiger partial charge in [-0.2, -0.15) is 0 Å². The number of rotatable bonds is 4.